The first kappa shape index (κ1) is 18.5. The Balaban J connectivity index is 1.40. The number of nitrogens with one attached hydrogen (secondary N) is 1. The molecule has 1 aromatic heterocycles. The molecule has 2 aromatic carbocycles. The van der Waals surface area contributed by atoms with E-state index in [0.717, 1.165) is 29.3 Å². The van der Waals surface area contributed by atoms with Crippen LogP contribution in [0.4, 0.5) is 4.39 Å². The number of halogens is 1. The number of pyridine rings is 1. The smallest absolute Gasteiger partial charge is 0.253 e. The third-order valence-electron chi connectivity index (χ3n) is 5.28. The first-order chi connectivity index (χ1) is 13.6. The molecule has 0 saturated carbocycles. The molecule has 1 amide bonds. The maximum atomic E-state index is 13.4. The van der Waals surface area contributed by atoms with Gasteiger partial charge in [0.15, 0.2) is 0 Å². The summed E-state index contributed by atoms with van der Waals surface area (Å²) in [5.41, 5.74) is 7.81. The number of carbonyl (C=O) groups is 1. The number of hydrogen-bond donors (Lipinski definition) is 2. The molecule has 0 spiro atoms. The second-order valence-corrected chi connectivity index (χ2v) is 7.27. The van der Waals surface area contributed by atoms with Gasteiger partial charge >= 0.3 is 0 Å². The molecule has 2 atom stereocenters. The lowest BCUT2D eigenvalue weighted by molar-refractivity contribution is 0.0855. The summed E-state index contributed by atoms with van der Waals surface area (Å²) in [6.07, 6.45) is 4.63. The predicted molar refractivity (Wildman–Crippen MR) is 107 cm³/mol. The van der Waals surface area contributed by atoms with E-state index in [4.69, 9.17) is 5.73 Å². The van der Waals surface area contributed by atoms with Crippen molar-refractivity contribution in [2.75, 3.05) is 6.54 Å². The molecule has 1 aliphatic heterocycles. The number of nitrogens with two attached hydrogens (primary N) is 1. The highest BCUT2D eigenvalue weighted by Gasteiger charge is 2.27. The van der Waals surface area contributed by atoms with E-state index >= 15 is 0 Å². The molecule has 5 nitrogen and oxygen atoms in total. The standard InChI is InChI=1S/C22H23FN4O/c23-17-6-3-4-15(10-17)14-27-9-8-18(11-21(27)24)26-22(28)20-13-25-12-16-5-1-2-7-19(16)20/h1-7,10,12-13,18,21H,8-9,11,14,24H2,(H,26,28). The lowest BCUT2D eigenvalue weighted by atomic mass is 10.00. The zero-order chi connectivity index (χ0) is 19.5. The minimum absolute atomic E-state index is 0.00484. The van der Waals surface area contributed by atoms with Crippen molar-refractivity contribution in [3.63, 3.8) is 0 Å². The van der Waals surface area contributed by atoms with Gasteiger partial charge in [-0.2, -0.15) is 0 Å². The van der Waals surface area contributed by atoms with E-state index in [2.05, 4.69) is 15.2 Å². The highest BCUT2D eigenvalue weighted by molar-refractivity contribution is 6.06. The summed E-state index contributed by atoms with van der Waals surface area (Å²) in [5.74, 6) is -0.364. The molecule has 0 aliphatic carbocycles. The third kappa shape index (κ3) is 4.03. The van der Waals surface area contributed by atoms with Crippen molar-refractivity contribution in [2.24, 2.45) is 5.73 Å². The zero-order valence-corrected chi connectivity index (χ0v) is 15.5. The van der Waals surface area contributed by atoms with Gasteiger partial charge in [0.25, 0.3) is 5.91 Å². The van der Waals surface area contributed by atoms with Crippen LogP contribution in [0.15, 0.2) is 60.9 Å². The van der Waals surface area contributed by atoms with Gasteiger partial charge in [0.05, 0.1) is 11.7 Å². The normalized spacial score (nSPS) is 20.2. The predicted octanol–water partition coefficient (Wildman–Crippen LogP) is 3.05. The quantitative estimate of drug-likeness (QED) is 0.732. The third-order valence-corrected chi connectivity index (χ3v) is 5.28. The summed E-state index contributed by atoms with van der Waals surface area (Å²) in [5, 5.41) is 4.94. The van der Waals surface area contributed by atoms with Gasteiger partial charge in [-0.15, -0.1) is 0 Å². The van der Waals surface area contributed by atoms with E-state index in [1.165, 1.54) is 12.1 Å². The molecule has 6 heteroatoms. The minimum Gasteiger partial charge on any atom is -0.349 e. The molecule has 3 aromatic rings. The summed E-state index contributed by atoms with van der Waals surface area (Å²) in [7, 11) is 0. The van der Waals surface area contributed by atoms with Crippen molar-refractivity contribution in [3.8, 4) is 0 Å². The molecule has 1 fully saturated rings. The van der Waals surface area contributed by atoms with Gasteiger partial charge in [-0.1, -0.05) is 36.4 Å². The van der Waals surface area contributed by atoms with Gasteiger partial charge in [0, 0.05) is 36.9 Å². The second-order valence-electron chi connectivity index (χ2n) is 7.27. The largest absolute Gasteiger partial charge is 0.349 e. The van der Waals surface area contributed by atoms with Crippen LogP contribution >= 0.6 is 0 Å². The number of aromatic nitrogens is 1. The van der Waals surface area contributed by atoms with Gasteiger partial charge in [-0.3, -0.25) is 14.7 Å². The highest BCUT2D eigenvalue weighted by atomic mass is 19.1. The molecule has 2 heterocycles. The SMILES string of the molecule is NC1CC(NC(=O)c2cncc3ccccc23)CCN1Cc1cccc(F)c1. The molecule has 3 N–H and O–H groups in total. The monoisotopic (exact) mass is 378 g/mol. The first-order valence-corrected chi connectivity index (χ1v) is 9.48. The number of nitrogens with zero attached hydrogens (tertiary/aromatic N) is 2. The van der Waals surface area contributed by atoms with Crippen LogP contribution in [0.25, 0.3) is 10.8 Å². The van der Waals surface area contributed by atoms with Gasteiger partial charge in [0.1, 0.15) is 5.82 Å². The summed E-state index contributed by atoms with van der Waals surface area (Å²) < 4.78 is 13.4. The Labute approximate surface area is 163 Å². The maximum absolute atomic E-state index is 13.4. The van der Waals surface area contributed by atoms with Crippen LogP contribution in [-0.4, -0.2) is 34.5 Å². The first-order valence-electron chi connectivity index (χ1n) is 9.48. The molecule has 28 heavy (non-hydrogen) atoms. The van der Waals surface area contributed by atoms with E-state index in [9.17, 15) is 9.18 Å². The number of amides is 1. The van der Waals surface area contributed by atoms with Gasteiger partial charge in [-0.25, -0.2) is 4.39 Å². The lowest BCUT2D eigenvalue weighted by Gasteiger charge is -2.37. The number of fused-ring (bicyclic) bond motifs is 1. The summed E-state index contributed by atoms with van der Waals surface area (Å²) in [6, 6.07) is 14.3. The van der Waals surface area contributed by atoms with Crippen LogP contribution in [0.5, 0.6) is 0 Å². The number of hydrogen-bond acceptors (Lipinski definition) is 4. The van der Waals surface area contributed by atoms with Crippen molar-refractivity contribution in [2.45, 2.75) is 31.6 Å². The topological polar surface area (TPSA) is 71.2 Å². The lowest BCUT2D eigenvalue weighted by Crippen LogP contribution is -2.53. The molecule has 4 rings (SSSR count). The Morgan fingerprint density at radius 1 is 1.21 bits per heavy atom. The van der Waals surface area contributed by atoms with Gasteiger partial charge in [0.2, 0.25) is 0 Å². The number of carbonyl (C=O) groups excluding carboxylic acids is 1. The second kappa shape index (κ2) is 8.04. The van der Waals surface area contributed by atoms with Gasteiger partial charge < -0.3 is 11.1 Å². The molecule has 2 unspecified atom stereocenters. The number of piperidine rings is 1. The van der Waals surface area contributed by atoms with Crippen LogP contribution in [0.1, 0.15) is 28.8 Å². The Morgan fingerprint density at radius 2 is 2.07 bits per heavy atom. The van der Waals surface area contributed by atoms with Crippen molar-refractivity contribution < 1.29 is 9.18 Å². The zero-order valence-electron chi connectivity index (χ0n) is 15.5. The van der Waals surface area contributed by atoms with E-state index in [1.807, 2.05) is 30.3 Å². The molecular weight excluding hydrogens is 355 g/mol. The highest BCUT2D eigenvalue weighted by Crippen LogP contribution is 2.20. The molecule has 1 saturated heterocycles. The average molecular weight is 378 g/mol. The number of benzene rings is 2. The molecule has 144 valence electrons. The van der Waals surface area contributed by atoms with Crippen molar-refractivity contribution in [1.29, 1.82) is 0 Å². The number of rotatable bonds is 4. The van der Waals surface area contributed by atoms with Gasteiger partial charge in [-0.05, 0) is 35.9 Å². The molecule has 0 radical (unpaired) electrons. The summed E-state index contributed by atoms with van der Waals surface area (Å²) in [4.78, 5) is 19.1. The Bertz CT molecular complexity index is 988. The van der Waals surface area contributed by atoms with Crippen LogP contribution < -0.4 is 11.1 Å². The minimum atomic E-state index is -0.239. The summed E-state index contributed by atoms with van der Waals surface area (Å²) >= 11 is 0. The molecular formula is C22H23FN4O. The molecule has 0 bridgehead atoms. The van der Waals surface area contributed by atoms with Crippen molar-refractivity contribution in [3.05, 3.63) is 77.9 Å². The van der Waals surface area contributed by atoms with Crippen LogP contribution in [0, 0.1) is 5.82 Å². The Kier molecular flexibility index (Phi) is 5.32. The fourth-order valence-corrected chi connectivity index (χ4v) is 3.80. The summed E-state index contributed by atoms with van der Waals surface area (Å²) in [6.45, 7) is 1.35. The number of likely N-dealkylation sites (tertiary alicyclic amines) is 1. The van der Waals surface area contributed by atoms with E-state index in [0.29, 0.717) is 18.5 Å². The van der Waals surface area contributed by atoms with E-state index in [-0.39, 0.29) is 23.9 Å². The van der Waals surface area contributed by atoms with Crippen LogP contribution in [0.2, 0.25) is 0 Å². The average Bonchev–Trinajstić information content (AvgIpc) is 2.69. The van der Waals surface area contributed by atoms with Crippen LogP contribution in [0.3, 0.4) is 0 Å². The fraction of sp³-hybridized carbons (Fsp3) is 0.273. The Hall–Kier alpha value is -2.83. The van der Waals surface area contributed by atoms with Crippen molar-refractivity contribution in [1.82, 2.24) is 15.2 Å². The van der Waals surface area contributed by atoms with Crippen LogP contribution in [-0.2, 0) is 6.54 Å². The Morgan fingerprint density at radius 3 is 2.89 bits per heavy atom. The maximum Gasteiger partial charge on any atom is 0.253 e. The van der Waals surface area contributed by atoms with E-state index in [1.54, 1.807) is 18.5 Å². The fourth-order valence-electron chi connectivity index (χ4n) is 3.80. The molecule has 1 aliphatic rings. The van der Waals surface area contributed by atoms with Crippen molar-refractivity contribution >= 4 is 16.7 Å². The van der Waals surface area contributed by atoms with E-state index < -0.39 is 0 Å².